The first-order valence-corrected chi connectivity index (χ1v) is 12.1. The van der Waals surface area contributed by atoms with E-state index < -0.39 is 22.7 Å². The maximum absolute atomic E-state index is 13.4. The van der Waals surface area contributed by atoms with Gasteiger partial charge in [0.05, 0.1) is 26.8 Å². The molecule has 1 saturated heterocycles. The van der Waals surface area contributed by atoms with Crippen LogP contribution in [0.25, 0.3) is 16.0 Å². The molecule has 0 bridgehead atoms. The molecule has 1 aliphatic heterocycles. The van der Waals surface area contributed by atoms with E-state index in [2.05, 4.69) is 4.98 Å². The molecule has 0 saturated carbocycles. The highest BCUT2D eigenvalue weighted by atomic mass is 32.1. The standard InChI is InChI=1S/C27H21N3O5S/c1-3-16-9-12-20-21(13-16)36-27(28-20)29-23(18-5-4-6-19(14-18)30(34)35)22(25(32)26(29)33)24(31)17-10-7-15(2)8-11-17/h4-14,23,31H,3H2,1-2H3/b24-22+. The number of Topliss-reactive ketones (excluding diaryl/α,β-unsaturated/α-hetero) is 1. The number of anilines is 1. The number of nitro benzene ring substituents is 1. The first-order chi connectivity index (χ1) is 17.3. The van der Waals surface area contributed by atoms with Gasteiger partial charge in [-0.15, -0.1) is 0 Å². The van der Waals surface area contributed by atoms with E-state index in [-0.39, 0.29) is 22.2 Å². The predicted molar refractivity (Wildman–Crippen MR) is 138 cm³/mol. The number of amides is 1. The lowest BCUT2D eigenvalue weighted by Gasteiger charge is -2.22. The van der Waals surface area contributed by atoms with Crippen LogP contribution >= 0.6 is 11.3 Å². The van der Waals surface area contributed by atoms with Gasteiger partial charge in [-0.3, -0.25) is 24.6 Å². The number of non-ortho nitro benzene ring substituents is 1. The number of aliphatic hydroxyl groups excluding tert-OH is 1. The van der Waals surface area contributed by atoms with Gasteiger partial charge < -0.3 is 5.11 Å². The zero-order valence-corrected chi connectivity index (χ0v) is 20.3. The van der Waals surface area contributed by atoms with Crippen molar-refractivity contribution in [2.45, 2.75) is 26.3 Å². The largest absolute Gasteiger partial charge is 0.507 e. The van der Waals surface area contributed by atoms with E-state index in [0.717, 1.165) is 22.2 Å². The molecule has 1 aromatic heterocycles. The van der Waals surface area contributed by atoms with Crippen LogP contribution in [0.5, 0.6) is 0 Å². The molecule has 9 heteroatoms. The summed E-state index contributed by atoms with van der Waals surface area (Å²) in [6.45, 7) is 3.93. The molecule has 1 unspecified atom stereocenters. The minimum Gasteiger partial charge on any atom is -0.507 e. The Morgan fingerprint density at radius 1 is 1.11 bits per heavy atom. The molecule has 1 atom stereocenters. The average Bonchev–Trinajstić information content (AvgIpc) is 3.41. The van der Waals surface area contributed by atoms with E-state index in [0.29, 0.717) is 16.6 Å². The zero-order chi connectivity index (χ0) is 25.6. The van der Waals surface area contributed by atoms with Crippen LogP contribution in [-0.2, 0) is 16.0 Å². The van der Waals surface area contributed by atoms with Crippen molar-refractivity contribution in [2.24, 2.45) is 0 Å². The van der Waals surface area contributed by atoms with Gasteiger partial charge in [0.25, 0.3) is 11.5 Å². The quantitative estimate of drug-likeness (QED) is 0.124. The predicted octanol–water partition coefficient (Wildman–Crippen LogP) is 5.70. The summed E-state index contributed by atoms with van der Waals surface area (Å²) < 4.78 is 0.850. The van der Waals surface area contributed by atoms with E-state index in [1.807, 2.05) is 32.0 Å². The van der Waals surface area contributed by atoms with Crippen molar-refractivity contribution in [1.29, 1.82) is 0 Å². The lowest BCUT2D eigenvalue weighted by atomic mass is 9.95. The summed E-state index contributed by atoms with van der Waals surface area (Å²) in [6.07, 6.45) is 0.831. The van der Waals surface area contributed by atoms with Gasteiger partial charge in [-0.1, -0.05) is 66.3 Å². The molecule has 4 aromatic rings. The molecule has 1 fully saturated rings. The number of nitro groups is 1. The van der Waals surface area contributed by atoms with Crippen molar-refractivity contribution in [1.82, 2.24) is 4.98 Å². The fraction of sp³-hybridized carbons (Fsp3) is 0.148. The number of aliphatic hydroxyl groups is 1. The molecule has 36 heavy (non-hydrogen) atoms. The molecule has 180 valence electrons. The third kappa shape index (κ3) is 3.93. The summed E-state index contributed by atoms with van der Waals surface area (Å²) in [5.41, 5.74) is 3.10. The molecule has 3 aromatic carbocycles. The number of hydrogen-bond donors (Lipinski definition) is 1. The smallest absolute Gasteiger partial charge is 0.301 e. The van der Waals surface area contributed by atoms with E-state index in [1.54, 1.807) is 30.3 Å². The van der Waals surface area contributed by atoms with E-state index in [9.17, 15) is 24.8 Å². The van der Waals surface area contributed by atoms with Crippen molar-refractivity contribution in [3.8, 4) is 0 Å². The SMILES string of the molecule is CCc1ccc2nc(N3C(=O)C(=O)/C(=C(/O)c4ccc(C)cc4)C3c3cccc([N+](=O)[O-])c3)sc2c1. The number of carbonyl (C=O) groups is 2. The topological polar surface area (TPSA) is 114 Å². The molecule has 8 nitrogen and oxygen atoms in total. The Kier molecular flexibility index (Phi) is 5.85. The second-order valence-corrected chi connectivity index (χ2v) is 9.55. The first-order valence-electron chi connectivity index (χ1n) is 11.3. The van der Waals surface area contributed by atoms with Gasteiger partial charge in [-0.25, -0.2) is 4.98 Å². The lowest BCUT2D eigenvalue weighted by Crippen LogP contribution is -2.29. The van der Waals surface area contributed by atoms with Gasteiger partial charge in [0.1, 0.15) is 5.76 Å². The summed E-state index contributed by atoms with van der Waals surface area (Å²) in [5.74, 6) is -2.07. The van der Waals surface area contributed by atoms with Crippen LogP contribution < -0.4 is 4.90 Å². The van der Waals surface area contributed by atoms with Crippen LogP contribution in [0.4, 0.5) is 10.8 Å². The molecule has 2 heterocycles. The third-order valence-electron chi connectivity index (χ3n) is 6.22. The Balaban J connectivity index is 1.74. The highest BCUT2D eigenvalue weighted by molar-refractivity contribution is 7.22. The molecule has 0 aliphatic carbocycles. The Morgan fingerprint density at radius 3 is 2.56 bits per heavy atom. The van der Waals surface area contributed by atoms with Crippen LogP contribution in [0.15, 0.2) is 72.3 Å². The van der Waals surface area contributed by atoms with Crippen LogP contribution in [0.2, 0.25) is 0 Å². The maximum Gasteiger partial charge on any atom is 0.301 e. The van der Waals surface area contributed by atoms with Gasteiger partial charge in [-0.2, -0.15) is 0 Å². The van der Waals surface area contributed by atoms with Gasteiger partial charge in [-0.05, 0) is 36.6 Å². The van der Waals surface area contributed by atoms with Gasteiger partial charge in [0, 0.05) is 17.7 Å². The average molecular weight is 500 g/mol. The fourth-order valence-corrected chi connectivity index (χ4v) is 5.36. The van der Waals surface area contributed by atoms with Crippen molar-refractivity contribution in [3.63, 3.8) is 0 Å². The number of benzene rings is 3. The first kappa shape index (κ1) is 23.4. The second-order valence-electron chi connectivity index (χ2n) is 8.54. The Bertz CT molecular complexity index is 1570. The molecule has 0 spiro atoms. The molecule has 1 N–H and O–H groups in total. The van der Waals surface area contributed by atoms with Gasteiger partial charge >= 0.3 is 5.91 Å². The molecule has 5 rings (SSSR count). The van der Waals surface area contributed by atoms with Crippen molar-refractivity contribution in [2.75, 3.05) is 4.90 Å². The minimum absolute atomic E-state index is 0.141. The number of thiazole rings is 1. The van der Waals surface area contributed by atoms with Crippen LogP contribution in [0, 0.1) is 17.0 Å². The number of carbonyl (C=O) groups excluding carboxylic acids is 2. The third-order valence-corrected chi connectivity index (χ3v) is 7.24. The van der Waals surface area contributed by atoms with E-state index in [1.165, 1.54) is 34.4 Å². The normalized spacial score (nSPS) is 17.2. The van der Waals surface area contributed by atoms with Crippen molar-refractivity contribution in [3.05, 3.63) is 105 Å². The van der Waals surface area contributed by atoms with E-state index >= 15 is 0 Å². The number of aryl methyl sites for hydroxylation is 2. The Labute approximate surface area is 210 Å². The number of hydrogen-bond acceptors (Lipinski definition) is 7. The number of fused-ring (bicyclic) bond motifs is 1. The summed E-state index contributed by atoms with van der Waals surface area (Å²) >= 11 is 1.25. The number of aromatic nitrogens is 1. The highest BCUT2D eigenvalue weighted by Gasteiger charge is 2.48. The van der Waals surface area contributed by atoms with Crippen molar-refractivity contribution >= 4 is 49.8 Å². The number of rotatable bonds is 5. The van der Waals surface area contributed by atoms with Crippen LogP contribution in [0.3, 0.4) is 0 Å². The lowest BCUT2D eigenvalue weighted by molar-refractivity contribution is -0.384. The zero-order valence-electron chi connectivity index (χ0n) is 19.5. The minimum atomic E-state index is -1.09. The van der Waals surface area contributed by atoms with Gasteiger partial charge in [0.2, 0.25) is 0 Å². The summed E-state index contributed by atoms with van der Waals surface area (Å²) in [6, 6.07) is 17.3. The molecular formula is C27H21N3O5S. The van der Waals surface area contributed by atoms with Crippen molar-refractivity contribution < 1.29 is 19.6 Å². The van der Waals surface area contributed by atoms with Crippen LogP contribution in [0.1, 0.15) is 35.2 Å². The maximum atomic E-state index is 13.4. The number of nitrogens with zero attached hydrogens (tertiary/aromatic N) is 3. The summed E-state index contributed by atoms with van der Waals surface area (Å²) in [5, 5.41) is 23.0. The summed E-state index contributed by atoms with van der Waals surface area (Å²) in [7, 11) is 0. The van der Waals surface area contributed by atoms with Gasteiger partial charge in [0.15, 0.2) is 5.13 Å². The Hall–Kier alpha value is -4.37. The number of ketones is 1. The monoisotopic (exact) mass is 499 g/mol. The molecular weight excluding hydrogens is 478 g/mol. The Morgan fingerprint density at radius 2 is 1.86 bits per heavy atom. The summed E-state index contributed by atoms with van der Waals surface area (Å²) in [4.78, 5) is 43.5. The fourth-order valence-electron chi connectivity index (χ4n) is 4.30. The molecule has 1 aliphatic rings. The second kappa shape index (κ2) is 9.01. The molecule has 0 radical (unpaired) electrons. The van der Waals surface area contributed by atoms with Crippen LogP contribution in [-0.4, -0.2) is 26.7 Å². The molecule has 1 amide bonds. The highest BCUT2D eigenvalue weighted by Crippen LogP contribution is 2.44. The van der Waals surface area contributed by atoms with E-state index in [4.69, 9.17) is 0 Å².